The van der Waals surface area contributed by atoms with Crippen LogP contribution in [-0.4, -0.2) is 18.3 Å². The van der Waals surface area contributed by atoms with Crippen LogP contribution in [-0.2, 0) is 9.53 Å². The van der Waals surface area contributed by atoms with Gasteiger partial charge in [0.2, 0.25) is 0 Å². The van der Waals surface area contributed by atoms with Crippen molar-refractivity contribution in [3.8, 4) is 0 Å². The van der Waals surface area contributed by atoms with Crippen LogP contribution < -0.4 is 5.73 Å². The molecule has 0 saturated carbocycles. The molecular weight excluding hydrogens is 168 g/mol. The van der Waals surface area contributed by atoms with Crippen LogP contribution in [0.2, 0.25) is 0 Å². The van der Waals surface area contributed by atoms with E-state index in [9.17, 15) is 4.79 Å². The number of carbonyl (C=O) groups excluding carboxylic acids is 1. The summed E-state index contributed by atoms with van der Waals surface area (Å²) >= 11 is 0. The second-order valence-corrected chi connectivity index (χ2v) is 2.95. The molecule has 4 nitrogen and oxygen atoms in total. The molecule has 0 atom stereocenters. The highest BCUT2D eigenvalue weighted by Gasteiger charge is 2.21. The molecule has 3 N–H and O–H groups in total. The van der Waals surface area contributed by atoms with E-state index in [-0.39, 0.29) is 5.71 Å². The Morgan fingerprint density at radius 3 is 2.77 bits per heavy atom. The van der Waals surface area contributed by atoms with E-state index < -0.39 is 5.97 Å². The fraction of sp³-hybridized carbons (Fsp3) is 0.556. The summed E-state index contributed by atoms with van der Waals surface area (Å²) in [7, 11) is 0. The SMILES string of the molecule is CCOC(=O)C(=N)C1=C(N)CCC1. The lowest BCUT2D eigenvalue weighted by molar-refractivity contribution is -0.135. The third-order valence-corrected chi connectivity index (χ3v) is 2.04. The zero-order valence-electron chi connectivity index (χ0n) is 7.72. The lowest BCUT2D eigenvalue weighted by atomic mass is 10.1. The zero-order chi connectivity index (χ0) is 9.84. The maximum Gasteiger partial charge on any atom is 0.356 e. The molecule has 72 valence electrons. The molecular formula is C9H14N2O2. The van der Waals surface area contributed by atoms with Gasteiger partial charge in [0, 0.05) is 11.3 Å². The first-order chi connectivity index (χ1) is 6.16. The zero-order valence-corrected chi connectivity index (χ0v) is 7.72. The summed E-state index contributed by atoms with van der Waals surface area (Å²) in [6.45, 7) is 2.02. The van der Waals surface area contributed by atoms with Crippen LogP contribution in [0, 0.1) is 5.41 Å². The van der Waals surface area contributed by atoms with Gasteiger partial charge in [-0.3, -0.25) is 5.41 Å². The normalized spacial score (nSPS) is 16.1. The quantitative estimate of drug-likeness (QED) is 0.504. The fourth-order valence-electron chi connectivity index (χ4n) is 1.38. The van der Waals surface area contributed by atoms with Gasteiger partial charge in [0.1, 0.15) is 5.71 Å². The molecule has 1 aliphatic rings. The van der Waals surface area contributed by atoms with Gasteiger partial charge in [-0.1, -0.05) is 0 Å². The molecule has 4 heteroatoms. The summed E-state index contributed by atoms with van der Waals surface area (Å²) in [6.07, 6.45) is 2.45. The van der Waals surface area contributed by atoms with Crippen LogP contribution in [0.5, 0.6) is 0 Å². The van der Waals surface area contributed by atoms with Crippen molar-refractivity contribution >= 4 is 11.7 Å². The Bertz CT molecular complexity index is 269. The van der Waals surface area contributed by atoms with Gasteiger partial charge in [-0.05, 0) is 26.2 Å². The monoisotopic (exact) mass is 182 g/mol. The van der Waals surface area contributed by atoms with Crippen molar-refractivity contribution in [2.24, 2.45) is 5.73 Å². The summed E-state index contributed by atoms with van der Waals surface area (Å²) in [5.74, 6) is -0.567. The molecule has 13 heavy (non-hydrogen) atoms. The molecule has 1 rings (SSSR count). The highest BCUT2D eigenvalue weighted by Crippen LogP contribution is 2.23. The first kappa shape index (κ1) is 9.77. The van der Waals surface area contributed by atoms with E-state index in [1.807, 2.05) is 0 Å². The Morgan fingerprint density at radius 2 is 2.31 bits per heavy atom. The summed E-state index contributed by atoms with van der Waals surface area (Å²) in [5, 5.41) is 7.51. The second kappa shape index (κ2) is 4.07. The molecule has 0 amide bonds. The molecule has 0 heterocycles. The van der Waals surface area contributed by atoms with Crippen molar-refractivity contribution in [3.63, 3.8) is 0 Å². The van der Waals surface area contributed by atoms with Crippen molar-refractivity contribution in [3.05, 3.63) is 11.3 Å². The predicted molar refractivity (Wildman–Crippen MR) is 49.4 cm³/mol. The molecule has 0 bridgehead atoms. The lowest BCUT2D eigenvalue weighted by Crippen LogP contribution is -2.19. The van der Waals surface area contributed by atoms with Crippen molar-refractivity contribution in [1.82, 2.24) is 0 Å². The molecule has 0 unspecified atom stereocenters. The maximum absolute atomic E-state index is 11.1. The van der Waals surface area contributed by atoms with Crippen LogP contribution in [0.4, 0.5) is 0 Å². The first-order valence-corrected chi connectivity index (χ1v) is 4.40. The first-order valence-electron chi connectivity index (χ1n) is 4.40. The van der Waals surface area contributed by atoms with Gasteiger partial charge in [0.25, 0.3) is 0 Å². The van der Waals surface area contributed by atoms with Crippen LogP contribution in [0.25, 0.3) is 0 Å². The summed E-state index contributed by atoms with van der Waals surface area (Å²) in [5.41, 5.74) is 6.90. The van der Waals surface area contributed by atoms with Crippen LogP contribution in [0.1, 0.15) is 26.2 Å². The summed E-state index contributed by atoms with van der Waals surface area (Å²) < 4.78 is 4.71. The Labute approximate surface area is 77.3 Å². The number of hydrogen-bond acceptors (Lipinski definition) is 4. The third-order valence-electron chi connectivity index (χ3n) is 2.04. The number of esters is 1. The van der Waals surface area contributed by atoms with Gasteiger partial charge in [-0.2, -0.15) is 0 Å². The minimum atomic E-state index is -0.567. The standard InChI is InChI=1S/C9H14N2O2/c1-2-13-9(12)8(11)6-4-3-5-7(6)10/h11H,2-5,10H2,1H3. The van der Waals surface area contributed by atoms with Crippen molar-refractivity contribution < 1.29 is 9.53 Å². The minimum Gasteiger partial charge on any atom is -0.461 e. The largest absolute Gasteiger partial charge is 0.461 e. The molecule has 0 aliphatic heterocycles. The Kier molecular flexibility index (Phi) is 3.06. The Morgan fingerprint density at radius 1 is 1.62 bits per heavy atom. The Hall–Kier alpha value is -1.32. The Balaban J connectivity index is 2.67. The van der Waals surface area contributed by atoms with Gasteiger partial charge in [-0.25, -0.2) is 4.79 Å². The number of hydrogen-bond donors (Lipinski definition) is 2. The van der Waals surface area contributed by atoms with E-state index in [1.54, 1.807) is 6.92 Å². The highest BCUT2D eigenvalue weighted by atomic mass is 16.5. The van der Waals surface area contributed by atoms with Crippen molar-refractivity contribution in [2.45, 2.75) is 26.2 Å². The summed E-state index contributed by atoms with van der Waals surface area (Å²) in [6, 6.07) is 0. The van der Waals surface area contributed by atoms with E-state index in [1.165, 1.54) is 0 Å². The fourth-order valence-corrected chi connectivity index (χ4v) is 1.38. The van der Waals surface area contributed by atoms with Crippen LogP contribution in [0.15, 0.2) is 11.3 Å². The van der Waals surface area contributed by atoms with E-state index in [0.717, 1.165) is 19.3 Å². The molecule has 1 aliphatic carbocycles. The number of allylic oxidation sites excluding steroid dienone is 1. The summed E-state index contributed by atoms with van der Waals surface area (Å²) in [4.78, 5) is 11.1. The van der Waals surface area contributed by atoms with Crippen LogP contribution in [0.3, 0.4) is 0 Å². The van der Waals surface area contributed by atoms with Gasteiger partial charge in [-0.15, -0.1) is 0 Å². The lowest BCUT2D eigenvalue weighted by Gasteiger charge is -2.04. The van der Waals surface area contributed by atoms with Gasteiger partial charge >= 0.3 is 5.97 Å². The third kappa shape index (κ3) is 2.08. The molecule has 0 spiro atoms. The molecule has 0 radical (unpaired) electrons. The topological polar surface area (TPSA) is 76.2 Å². The average molecular weight is 182 g/mol. The van der Waals surface area contributed by atoms with E-state index in [4.69, 9.17) is 15.9 Å². The number of rotatable bonds is 3. The number of nitrogens with two attached hydrogens (primary N) is 1. The molecule has 0 aromatic carbocycles. The van der Waals surface area contributed by atoms with Gasteiger partial charge in [0.05, 0.1) is 6.61 Å². The van der Waals surface area contributed by atoms with Crippen LogP contribution >= 0.6 is 0 Å². The van der Waals surface area contributed by atoms with Crippen molar-refractivity contribution in [2.75, 3.05) is 6.61 Å². The highest BCUT2D eigenvalue weighted by molar-refractivity contribution is 6.42. The van der Waals surface area contributed by atoms with Gasteiger partial charge < -0.3 is 10.5 Å². The molecule has 0 saturated heterocycles. The number of ether oxygens (including phenoxy) is 1. The maximum atomic E-state index is 11.1. The van der Waals surface area contributed by atoms with E-state index in [0.29, 0.717) is 17.9 Å². The molecule has 0 aromatic rings. The average Bonchev–Trinajstić information content (AvgIpc) is 2.50. The number of carbonyl (C=O) groups is 1. The van der Waals surface area contributed by atoms with Crippen molar-refractivity contribution in [1.29, 1.82) is 5.41 Å². The van der Waals surface area contributed by atoms with Gasteiger partial charge in [0.15, 0.2) is 0 Å². The molecule has 0 fully saturated rings. The minimum absolute atomic E-state index is 0.0724. The molecule has 0 aromatic heterocycles. The van der Waals surface area contributed by atoms with E-state index >= 15 is 0 Å². The number of nitrogens with one attached hydrogen (secondary N) is 1. The second-order valence-electron chi connectivity index (χ2n) is 2.95. The smallest absolute Gasteiger partial charge is 0.356 e. The predicted octanol–water partition coefficient (Wildman–Crippen LogP) is 0.966. The van der Waals surface area contributed by atoms with E-state index in [2.05, 4.69) is 0 Å².